The molecule has 1 aliphatic heterocycles. The Kier molecular flexibility index (Phi) is 6.29. The van der Waals surface area contributed by atoms with Gasteiger partial charge in [0.05, 0.1) is 18.7 Å². The predicted molar refractivity (Wildman–Crippen MR) is 69.9 cm³/mol. The van der Waals surface area contributed by atoms with Gasteiger partial charge in [0.1, 0.15) is 12.6 Å². The second-order valence-electron chi connectivity index (χ2n) is 4.14. The SMILES string of the molecule is COC(=O)CC[C@@H](NC(=O)CN1CSCC1=O)C(=O)O. The molecular weight excluding hydrogens is 288 g/mol. The van der Waals surface area contributed by atoms with Gasteiger partial charge in [0.2, 0.25) is 11.8 Å². The maximum atomic E-state index is 11.7. The third-order valence-corrected chi connectivity index (χ3v) is 3.60. The van der Waals surface area contributed by atoms with Gasteiger partial charge in [-0.15, -0.1) is 11.8 Å². The molecule has 20 heavy (non-hydrogen) atoms. The van der Waals surface area contributed by atoms with E-state index < -0.39 is 23.9 Å². The Balaban J connectivity index is 2.44. The Hall–Kier alpha value is -1.77. The number of carboxylic acid groups (broad SMARTS) is 1. The van der Waals surface area contributed by atoms with E-state index in [0.717, 1.165) is 0 Å². The van der Waals surface area contributed by atoms with Crippen LogP contribution in [0.25, 0.3) is 0 Å². The molecule has 0 aromatic heterocycles. The molecule has 8 nitrogen and oxygen atoms in total. The van der Waals surface area contributed by atoms with Crippen LogP contribution in [0.5, 0.6) is 0 Å². The van der Waals surface area contributed by atoms with Gasteiger partial charge in [-0.25, -0.2) is 4.79 Å². The van der Waals surface area contributed by atoms with Gasteiger partial charge in [-0.1, -0.05) is 0 Å². The number of nitrogens with zero attached hydrogens (tertiary/aromatic N) is 1. The van der Waals surface area contributed by atoms with Crippen LogP contribution in [0.4, 0.5) is 0 Å². The van der Waals surface area contributed by atoms with Gasteiger partial charge in [0, 0.05) is 6.42 Å². The number of carboxylic acids is 1. The van der Waals surface area contributed by atoms with Gasteiger partial charge in [0.15, 0.2) is 0 Å². The van der Waals surface area contributed by atoms with E-state index in [1.165, 1.54) is 23.8 Å². The summed E-state index contributed by atoms with van der Waals surface area (Å²) in [5.74, 6) is -1.73. The molecule has 2 amide bonds. The highest BCUT2D eigenvalue weighted by Crippen LogP contribution is 2.14. The topological polar surface area (TPSA) is 113 Å². The number of carbonyl (C=O) groups excluding carboxylic acids is 3. The minimum Gasteiger partial charge on any atom is -0.480 e. The zero-order chi connectivity index (χ0) is 15.1. The number of hydrogen-bond acceptors (Lipinski definition) is 6. The van der Waals surface area contributed by atoms with E-state index in [1.54, 1.807) is 0 Å². The average Bonchev–Trinajstić information content (AvgIpc) is 2.79. The predicted octanol–water partition coefficient (Wildman–Crippen LogP) is -0.958. The molecule has 2 N–H and O–H groups in total. The molecule has 0 aliphatic carbocycles. The lowest BCUT2D eigenvalue weighted by atomic mass is 10.1. The molecule has 1 fully saturated rings. The van der Waals surface area contributed by atoms with Crippen molar-refractivity contribution in [3.63, 3.8) is 0 Å². The minimum absolute atomic E-state index is 0.0591. The van der Waals surface area contributed by atoms with Crippen molar-refractivity contribution >= 4 is 35.5 Å². The number of hydrogen-bond donors (Lipinski definition) is 2. The third kappa shape index (κ3) is 5.08. The highest BCUT2D eigenvalue weighted by molar-refractivity contribution is 8.00. The minimum atomic E-state index is -1.23. The van der Waals surface area contributed by atoms with Crippen LogP contribution in [0.2, 0.25) is 0 Å². The van der Waals surface area contributed by atoms with Crippen molar-refractivity contribution in [2.24, 2.45) is 0 Å². The zero-order valence-electron chi connectivity index (χ0n) is 11.0. The van der Waals surface area contributed by atoms with E-state index >= 15 is 0 Å². The summed E-state index contributed by atoms with van der Waals surface area (Å²) in [7, 11) is 1.20. The molecule has 0 aromatic rings. The van der Waals surface area contributed by atoms with Crippen molar-refractivity contribution in [3.05, 3.63) is 0 Å². The van der Waals surface area contributed by atoms with Gasteiger partial charge in [-0.2, -0.15) is 0 Å². The van der Waals surface area contributed by atoms with Gasteiger partial charge < -0.3 is 20.1 Å². The standard InChI is InChI=1S/C11H16N2O6S/c1-19-10(16)3-2-7(11(17)18)12-8(14)4-13-6-20-5-9(13)15/h7H,2-6H2,1H3,(H,12,14)(H,17,18)/t7-/m1/s1. The van der Waals surface area contributed by atoms with Crippen molar-refractivity contribution in [1.82, 2.24) is 10.2 Å². The number of ether oxygens (including phenoxy) is 1. The van der Waals surface area contributed by atoms with E-state index in [0.29, 0.717) is 11.6 Å². The molecular formula is C11H16N2O6S. The Morgan fingerprint density at radius 3 is 2.70 bits per heavy atom. The quantitative estimate of drug-likeness (QED) is 0.582. The summed E-state index contributed by atoms with van der Waals surface area (Å²) in [6, 6.07) is -1.17. The summed E-state index contributed by atoms with van der Waals surface area (Å²) in [6.07, 6.45) is -0.164. The van der Waals surface area contributed by atoms with Crippen molar-refractivity contribution in [2.45, 2.75) is 18.9 Å². The van der Waals surface area contributed by atoms with Crippen molar-refractivity contribution < 1.29 is 29.0 Å². The van der Waals surface area contributed by atoms with Crippen LogP contribution >= 0.6 is 11.8 Å². The Morgan fingerprint density at radius 1 is 1.50 bits per heavy atom. The lowest BCUT2D eigenvalue weighted by Crippen LogP contribution is -2.46. The molecule has 1 rings (SSSR count). The number of aliphatic carboxylic acids is 1. The Labute approximate surface area is 119 Å². The lowest BCUT2D eigenvalue weighted by molar-refractivity contribution is -0.144. The van der Waals surface area contributed by atoms with Crippen LogP contribution in [0.1, 0.15) is 12.8 Å². The van der Waals surface area contributed by atoms with Crippen LogP contribution in [-0.4, -0.2) is 65.1 Å². The van der Waals surface area contributed by atoms with E-state index in [-0.39, 0.29) is 25.3 Å². The highest BCUT2D eigenvalue weighted by atomic mass is 32.2. The first-order chi connectivity index (χ1) is 9.43. The van der Waals surface area contributed by atoms with E-state index in [2.05, 4.69) is 10.1 Å². The van der Waals surface area contributed by atoms with Gasteiger partial charge in [0.25, 0.3) is 0 Å². The second-order valence-corrected chi connectivity index (χ2v) is 5.10. The molecule has 1 aliphatic rings. The summed E-state index contributed by atoms with van der Waals surface area (Å²) < 4.78 is 4.41. The van der Waals surface area contributed by atoms with E-state index in [4.69, 9.17) is 5.11 Å². The molecule has 0 radical (unpaired) electrons. The van der Waals surface area contributed by atoms with E-state index in [1.807, 2.05) is 0 Å². The summed E-state index contributed by atoms with van der Waals surface area (Å²) >= 11 is 1.39. The van der Waals surface area contributed by atoms with Crippen LogP contribution in [0.3, 0.4) is 0 Å². The molecule has 1 atom stereocenters. The summed E-state index contributed by atoms with van der Waals surface area (Å²) in [4.78, 5) is 46.3. The fourth-order valence-corrected chi connectivity index (χ4v) is 2.48. The molecule has 1 heterocycles. The number of amides is 2. The van der Waals surface area contributed by atoms with Gasteiger partial charge >= 0.3 is 11.9 Å². The van der Waals surface area contributed by atoms with Crippen molar-refractivity contribution in [2.75, 3.05) is 25.3 Å². The van der Waals surface area contributed by atoms with Crippen molar-refractivity contribution in [1.29, 1.82) is 0 Å². The fraction of sp³-hybridized carbons (Fsp3) is 0.636. The molecule has 112 valence electrons. The average molecular weight is 304 g/mol. The number of methoxy groups -OCH3 is 1. The maximum Gasteiger partial charge on any atom is 0.326 e. The van der Waals surface area contributed by atoms with Crippen LogP contribution in [0, 0.1) is 0 Å². The lowest BCUT2D eigenvalue weighted by Gasteiger charge is -2.17. The van der Waals surface area contributed by atoms with Gasteiger partial charge in [-0.05, 0) is 6.42 Å². The molecule has 1 saturated heterocycles. The fourth-order valence-electron chi connectivity index (χ4n) is 1.58. The molecule has 0 bridgehead atoms. The maximum absolute atomic E-state index is 11.7. The van der Waals surface area contributed by atoms with Crippen LogP contribution in [0.15, 0.2) is 0 Å². The first kappa shape index (κ1) is 16.3. The Bertz CT molecular complexity index is 414. The zero-order valence-corrected chi connectivity index (χ0v) is 11.8. The first-order valence-corrected chi connectivity index (χ1v) is 7.04. The number of thioether (sulfide) groups is 1. The first-order valence-electron chi connectivity index (χ1n) is 5.88. The molecule has 0 unspecified atom stereocenters. The third-order valence-electron chi connectivity index (χ3n) is 2.66. The van der Waals surface area contributed by atoms with Crippen LogP contribution in [-0.2, 0) is 23.9 Å². The second kappa shape index (κ2) is 7.73. The largest absolute Gasteiger partial charge is 0.480 e. The van der Waals surface area contributed by atoms with Crippen LogP contribution < -0.4 is 5.32 Å². The number of nitrogens with one attached hydrogen (secondary N) is 1. The smallest absolute Gasteiger partial charge is 0.326 e. The number of carbonyl (C=O) groups is 4. The van der Waals surface area contributed by atoms with Gasteiger partial charge in [-0.3, -0.25) is 14.4 Å². The van der Waals surface area contributed by atoms with Crippen molar-refractivity contribution in [3.8, 4) is 0 Å². The number of esters is 1. The normalized spacial score (nSPS) is 15.8. The molecule has 0 saturated carbocycles. The molecule has 0 aromatic carbocycles. The molecule has 9 heteroatoms. The summed E-state index contributed by atoms with van der Waals surface area (Å²) in [5.41, 5.74) is 0. The Morgan fingerprint density at radius 2 is 2.20 bits per heavy atom. The summed E-state index contributed by atoms with van der Waals surface area (Å²) in [6.45, 7) is -0.173. The molecule has 0 spiro atoms. The number of rotatable bonds is 7. The summed E-state index contributed by atoms with van der Waals surface area (Å²) in [5, 5.41) is 11.3. The van der Waals surface area contributed by atoms with E-state index in [9.17, 15) is 19.2 Å². The monoisotopic (exact) mass is 304 g/mol. The highest BCUT2D eigenvalue weighted by Gasteiger charge is 2.26.